The Hall–Kier alpha value is -3.13. The van der Waals surface area contributed by atoms with E-state index < -0.39 is 0 Å². The lowest BCUT2D eigenvalue weighted by molar-refractivity contribution is 0.0793. The number of likely N-dealkylation sites (tertiary alicyclic amines) is 1. The number of hydrogen-bond donors (Lipinski definition) is 2. The van der Waals surface area contributed by atoms with Gasteiger partial charge in [0.2, 0.25) is 0 Å². The van der Waals surface area contributed by atoms with Crippen molar-refractivity contribution in [1.82, 2.24) is 29.6 Å². The molecule has 3 N–H and O–H groups in total. The molecule has 1 saturated heterocycles. The van der Waals surface area contributed by atoms with Crippen molar-refractivity contribution in [3.05, 3.63) is 35.1 Å². The van der Waals surface area contributed by atoms with Gasteiger partial charge in [0, 0.05) is 29.6 Å². The average Bonchev–Trinajstić information content (AvgIpc) is 3.45. The molecule has 1 fully saturated rings. The number of nitrogens with zero attached hydrogens (tertiary/aromatic N) is 5. The highest BCUT2D eigenvalue weighted by molar-refractivity contribution is 6.38. The van der Waals surface area contributed by atoms with Crippen LogP contribution in [0.25, 0.3) is 33.3 Å². The number of halogens is 1. The second kappa shape index (κ2) is 6.95. The lowest BCUT2D eigenvalue weighted by Crippen LogP contribution is -2.27. The molecule has 3 aromatic heterocycles. The zero-order valence-electron chi connectivity index (χ0n) is 17.7. The quantitative estimate of drug-likeness (QED) is 0.488. The smallest absolute Gasteiger partial charge is 0.253 e. The normalized spacial score (nSPS) is 14.8. The van der Waals surface area contributed by atoms with Crippen LogP contribution in [0.4, 0.5) is 5.82 Å². The molecule has 31 heavy (non-hydrogen) atoms. The van der Waals surface area contributed by atoms with Crippen molar-refractivity contribution in [2.45, 2.75) is 39.2 Å². The Morgan fingerprint density at radius 2 is 1.94 bits per heavy atom. The molecular weight excluding hydrogens is 414 g/mol. The lowest BCUT2D eigenvalue weighted by atomic mass is 10.1. The Bertz CT molecular complexity index is 1330. The largest absolute Gasteiger partial charge is 0.383 e. The van der Waals surface area contributed by atoms with Crippen molar-refractivity contribution >= 4 is 45.3 Å². The first-order chi connectivity index (χ1) is 14.8. The molecule has 0 spiro atoms. The molecule has 1 amide bonds. The molecule has 0 saturated carbocycles. The maximum absolute atomic E-state index is 12.8. The van der Waals surface area contributed by atoms with Crippen LogP contribution in [0.3, 0.4) is 0 Å². The first-order valence-corrected chi connectivity index (χ1v) is 10.7. The minimum absolute atomic E-state index is 0.0479. The highest BCUT2D eigenvalue weighted by atomic mass is 35.5. The number of nitrogen functional groups attached to an aromatic ring is 1. The summed E-state index contributed by atoms with van der Waals surface area (Å²) in [4.78, 5) is 26.7. The third-order valence-electron chi connectivity index (χ3n) is 5.74. The van der Waals surface area contributed by atoms with E-state index in [1.165, 1.54) is 6.33 Å². The van der Waals surface area contributed by atoms with E-state index in [-0.39, 0.29) is 11.4 Å². The number of aromatic nitrogens is 5. The van der Waals surface area contributed by atoms with E-state index in [9.17, 15) is 4.79 Å². The van der Waals surface area contributed by atoms with Gasteiger partial charge in [0.05, 0.1) is 21.6 Å². The fourth-order valence-corrected chi connectivity index (χ4v) is 4.48. The summed E-state index contributed by atoms with van der Waals surface area (Å²) in [6.07, 6.45) is 3.55. The van der Waals surface area contributed by atoms with Gasteiger partial charge in [-0.3, -0.25) is 4.79 Å². The maximum Gasteiger partial charge on any atom is 0.253 e. The van der Waals surface area contributed by atoms with E-state index in [1.54, 1.807) is 0 Å². The summed E-state index contributed by atoms with van der Waals surface area (Å²) in [5.41, 5.74) is 9.20. The molecule has 0 aliphatic carbocycles. The first-order valence-electron chi connectivity index (χ1n) is 10.4. The molecule has 1 aliphatic rings. The second-order valence-electron chi connectivity index (χ2n) is 8.96. The van der Waals surface area contributed by atoms with Gasteiger partial charge in [-0.2, -0.15) is 5.10 Å². The topological polar surface area (TPSA) is 106 Å². The number of aromatic amines is 1. The van der Waals surface area contributed by atoms with E-state index >= 15 is 0 Å². The molecule has 9 heteroatoms. The number of benzene rings is 1. The average molecular weight is 438 g/mol. The van der Waals surface area contributed by atoms with Gasteiger partial charge in [0.25, 0.3) is 5.91 Å². The summed E-state index contributed by atoms with van der Waals surface area (Å²) in [5, 5.41) is 6.81. The molecule has 0 radical (unpaired) electrons. The van der Waals surface area contributed by atoms with Crippen molar-refractivity contribution in [1.29, 1.82) is 0 Å². The number of rotatable bonds is 2. The minimum Gasteiger partial charge on any atom is -0.383 e. The van der Waals surface area contributed by atoms with Crippen LogP contribution in [0, 0.1) is 0 Å². The predicted molar refractivity (Wildman–Crippen MR) is 122 cm³/mol. The predicted octanol–water partition coefficient (Wildman–Crippen LogP) is 4.20. The van der Waals surface area contributed by atoms with E-state index in [0.717, 1.165) is 36.8 Å². The molecule has 4 aromatic rings. The third-order valence-corrected chi connectivity index (χ3v) is 6.13. The molecule has 4 heterocycles. The Morgan fingerprint density at radius 1 is 1.19 bits per heavy atom. The van der Waals surface area contributed by atoms with Crippen LogP contribution >= 0.6 is 11.6 Å². The third kappa shape index (κ3) is 3.13. The lowest BCUT2D eigenvalue weighted by Gasteiger charge is -2.19. The molecule has 1 aromatic carbocycles. The van der Waals surface area contributed by atoms with Crippen LogP contribution in [-0.2, 0) is 5.54 Å². The molecule has 0 unspecified atom stereocenters. The van der Waals surface area contributed by atoms with Crippen LogP contribution < -0.4 is 5.73 Å². The highest BCUT2D eigenvalue weighted by Gasteiger charge is 2.27. The van der Waals surface area contributed by atoms with E-state index in [1.807, 2.05) is 48.6 Å². The van der Waals surface area contributed by atoms with Gasteiger partial charge in [0.15, 0.2) is 5.65 Å². The van der Waals surface area contributed by atoms with Gasteiger partial charge in [-0.15, -0.1) is 0 Å². The Kier molecular flexibility index (Phi) is 4.44. The number of hydrogen-bond acceptors (Lipinski definition) is 5. The van der Waals surface area contributed by atoms with Gasteiger partial charge in [0.1, 0.15) is 17.8 Å². The summed E-state index contributed by atoms with van der Waals surface area (Å²) in [7, 11) is 0. The Balaban J connectivity index is 1.68. The second-order valence-corrected chi connectivity index (χ2v) is 9.34. The number of H-pyrrole nitrogens is 1. The van der Waals surface area contributed by atoms with Gasteiger partial charge in [-0.1, -0.05) is 17.7 Å². The fourth-order valence-electron chi connectivity index (χ4n) is 4.18. The van der Waals surface area contributed by atoms with Gasteiger partial charge in [-0.05, 0) is 45.7 Å². The summed E-state index contributed by atoms with van der Waals surface area (Å²) in [6.45, 7) is 7.76. The zero-order valence-corrected chi connectivity index (χ0v) is 18.5. The fraction of sp³-hybridized carbons (Fsp3) is 0.364. The zero-order chi connectivity index (χ0) is 21.9. The number of anilines is 1. The van der Waals surface area contributed by atoms with E-state index in [4.69, 9.17) is 22.4 Å². The van der Waals surface area contributed by atoms with E-state index in [0.29, 0.717) is 38.8 Å². The van der Waals surface area contributed by atoms with Crippen molar-refractivity contribution in [3.8, 4) is 11.4 Å². The summed E-state index contributed by atoms with van der Waals surface area (Å²) < 4.78 is 1.83. The minimum atomic E-state index is -0.314. The molecule has 1 aliphatic heterocycles. The summed E-state index contributed by atoms with van der Waals surface area (Å²) in [6, 6.07) is 5.56. The number of carbonyl (C=O) groups excluding carboxylic acids is 1. The van der Waals surface area contributed by atoms with Gasteiger partial charge >= 0.3 is 0 Å². The van der Waals surface area contributed by atoms with Crippen molar-refractivity contribution in [3.63, 3.8) is 0 Å². The van der Waals surface area contributed by atoms with Crippen molar-refractivity contribution < 1.29 is 4.79 Å². The molecular formula is C22H24ClN7O. The number of fused-ring (bicyclic) bond motifs is 2. The number of nitrogens with one attached hydrogen (secondary N) is 1. The van der Waals surface area contributed by atoms with Crippen LogP contribution in [0.5, 0.6) is 0 Å². The van der Waals surface area contributed by atoms with Crippen molar-refractivity contribution in [2.24, 2.45) is 0 Å². The highest BCUT2D eigenvalue weighted by Crippen LogP contribution is 2.39. The van der Waals surface area contributed by atoms with Crippen LogP contribution in [0.15, 0.2) is 24.5 Å². The van der Waals surface area contributed by atoms with Gasteiger partial charge in [-0.25, -0.2) is 14.6 Å². The summed E-state index contributed by atoms with van der Waals surface area (Å²) >= 11 is 6.77. The van der Waals surface area contributed by atoms with Gasteiger partial charge < -0.3 is 15.6 Å². The molecule has 160 valence electrons. The number of nitrogens with two attached hydrogens (primary N) is 1. The number of carbonyl (C=O) groups is 1. The van der Waals surface area contributed by atoms with Crippen molar-refractivity contribution in [2.75, 3.05) is 18.8 Å². The monoisotopic (exact) mass is 437 g/mol. The molecule has 5 rings (SSSR count). The SMILES string of the molecule is CC(C)(C)n1nc(-c2[nH]c3cc(C(=O)N4CCCC4)ccc3c2Cl)c2c(N)ncnc21. The Labute approximate surface area is 184 Å². The maximum atomic E-state index is 12.8. The number of amides is 1. The molecule has 0 atom stereocenters. The summed E-state index contributed by atoms with van der Waals surface area (Å²) in [5.74, 6) is 0.391. The molecule has 8 nitrogen and oxygen atoms in total. The molecule has 0 bridgehead atoms. The van der Waals surface area contributed by atoms with Crippen LogP contribution in [0.2, 0.25) is 5.02 Å². The van der Waals surface area contributed by atoms with Crippen LogP contribution in [-0.4, -0.2) is 48.6 Å². The first kappa shape index (κ1) is 19.8. The van der Waals surface area contributed by atoms with E-state index in [2.05, 4.69) is 15.0 Å². The Morgan fingerprint density at radius 3 is 2.65 bits per heavy atom. The standard InChI is InChI=1S/C22H24ClN7O/c1-22(2,3)30-20-15(19(24)25-11-26-20)17(28-30)18-16(23)13-7-6-12(10-14(13)27-18)21(31)29-8-4-5-9-29/h6-7,10-11,27H,4-5,8-9H2,1-3H3,(H2,24,25,26). The van der Waals surface area contributed by atoms with Crippen LogP contribution in [0.1, 0.15) is 44.0 Å².